The number of hydrogen-bond acceptors (Lipinski definition) is 6. The van der Waals surface area contributed by atoms with Crippen molar-refractivity contribution in [2.24, 2.45) is 0 Å². The molecule has 1 aliphatic rings. The molecule has 7 heteroatoms. The zero-order valence-electron chi connectivity index (χ0n) is 14.5. The predicted octanol–water partition coefficient (Wildman–Crippen LogP) is 0.980. The average molecular weight is 344 g/mol. The number of nitrogens with zero attached hydrogens (tertiary/aromatic N) is 3. The second-order valence-electron chi connectivity index (χ2n) is 6.20. The molecule has 2 heterocycles. The summed E-state index contributed by atoms with van der Waals surface area (Å²) in [6, 6.07) is 10.6. The van der Waals surface area contributed by atoms with Crippen LogP contribution in [-0.4, -0.2) is 59.8 Å². The van der Waals surface area contributed by atoms with E-state index in [9.17, 15) is 4.79 Å². The normalized spacial score (nSPS) is 16.5. The molecule has 0 radical (unpaired) electrons. The molecule has 25 heavy (non-hydrogen) atoms. The number of benzene rings is 1. The Hall–Kier alpha value is -2.25. The molecule has 1 aliphatic heterocycles. The van der Waals surface area contributed by atoms with Gasteiger partial charge in [0.05, 0.1) is 19.6 Å². The second kappa shape index (κ2) is 8.73. The van der Waals surface area contributed by atoms with Crippen molar-refractivity contribution < 1.29 is 14.1 Å². The lowest BCUT2D eigenvalue weighted by atomic mass is 10.0. The van der Waals surface area contributed by atoms with Gasteiger partial charge in [0, 0.05) is 32.6 Å². The first-order valence-corrected chi connectivity index (χ1v) is 8.62. The molecule has 2 aromatic rings. The van der Waals surface area contributed by atoms with Crippen molar-refractivity contribution in [1.82, 2.24) is 20.4 Å². The smallest absolute Gasteiger partial charge is 0.227 e. The van der Waals surface area contributed by atoms with E-state index in [1.807, 2.05) is 18.2 Å². The minimum Gasteiger partial charge on any atom is -0.379 e. The number of hydrogen-bond donors (Lipinski definition) is 1. The van der Waals surface area contributed by atoms with Crippen molar-refractivity contribution in [1.29, 1.82) is 0 Å². The van der Waals surface area contributed by atoms with Gasteiger partial charge in [-0.3, -0.25) is 9.69 Å². The molecule has 1 aromatic carbocycles. The third-order valence-electron chi connectivity index (χ3n) is 4.30. The van der Waals surface area contributed by atoms with Gasteiger partial charge in [-0.25, -0.2) is 0 Å². The SMILES string of the molecule is Cc1nc(CC(=O)NCC(Cc2ccccc2)N2CCOCC2)no1. The Morgan fingerprint density at radius 3 is 2.72 bits per heavy atom. The van der Waals surface area contributed by atoms with Crippen molar-refractivity contribution in [3.8, 4) is 0 Å². The zero-order valence-corrected chi connectivity index (χ0v) is 14.5. The van der Waals surface area contributed by atoms with Gasteiger partial charge in [-0.15, -0.1) is 0 Å². The molecule has 1 atom stereocenters. The zero-order chi connectivity index (χ0) is 17.5. The summed E-state index contributed by atoms with van der Waals surface area (Å²) < 4.78 is 10.4. The van der Waals surface area contributed by atoms with Crippen LogP contribution in [0.3, 0.4) is 0 Å². The van der Waals surface area contributed by atoms with Gasteiger partial charge in [0.1, 0.15) is 0 Å². The van der Waals surface area contributed by atoms with Gasteiger partial charge in [0.25, 0.3) is 0 Å². The maximum atomic E-state index is 12.2. The fraction of sp³-hybridized carbons (Fsp3) is 0.500. The van der Waals surface area contributed by atoms with E-state index < -0.39 is 0 Å². The number of amides is 1. The largest absolute Gasteiger partial charge is 0.379 e. The number of carbonyl (C=O) groups excluding carboxylic acids is 1. The topological polar surface area (TPSA) is 80.5 Å². The van der Waals surface area contributed by atoms with Crippen LogP contribution >= 0.6 is 0 Å². The molecule has 134 valence electrons. The summed E-state index contributed by atoms with van der Waals surface area (Å²) in [5.41, 5.74) is 1.27. The molecule has 1 amide bonds. The molecule has 1 aromatic heterocycles. The summed E-state index contributed by atoms with van der Waals surface area (Å²) in [7, 11) is 0. The highest BCUT2D eigenvalue weighted by Crippen LogP contribution is 2.11. The molecular formula is C18H24N4O3. The maximum Gasteiger partial charge on any atom is 0.227 e. The fourth-order valence-electron chi connectivity index (χ4n) is 3.01. The molecule has 0 spiro atoms. The first-order valence-electron chi connectivity index (χ1n) is 8.62. The van der Waals surface area contributed by atoms with Gasteiger partial charge < -0.3 is 14.6 Å². The molecule has 7 nitrogen and oxygen atoms in total. The Balaban J connectivity index is 1.57. The summed E-state index contributed by atoms with van der Waals surface area (Å²) in [5, 5.41) is 6.78. The van der Waals surface area contributed by atoms with Crippen LogP contribution < -0.4 is 5.32 Å². The third kappa shape index (κ3) is 5.37. The maximum absolute atomic E-state index is 12.2. The van der Waals surface area contributed by atoms with Crippen LogP contribution in [0.15, 0.2) is 34.9 Å². The van der Waals surface area contributed by atoms with Crippen LogP contribution in [-0.2, 0) is 22.4 Å². The van der Waals surface area contributed by atoms with E-state index in [1.165, 1.54) is 5.56 Å². The van der Waals surface area contributed by atoms with Crippen LogP contribution in [0.25, 0.3) is 0 Å². The highest BCUT2D eigenvalue weighted by molar-refractivity contribution is 5.77. The minimum atomic E-state index is -0.0906. The first kappa shape index (κ1) is 17.6. The van der Waals surface area contributed by atoms with E-state index in [1.54, 1.807) is 6.92 Å². The lowest BCUT2D eigenvalue weighted by Crippen LogP contribution is -2.50. The van der Waals surface area contributed by atoms with Gasteiger partial charge in [-0.2, -0.15) is 4.98 Å². The molecule has 1 unspecified atom stereocenters. The van der Waals surface area contributed by atoms with E-state index in [4.69, 9.17) is 9.26 Å². The molecular weight excluding hydrogens is 320 g/mol. The Bertz CT molecular complexity index is 668. The fourth-order valence-corrected chi connectivity index (χ4v) is 3.01. The molecule has 3 rings (SSSR count). The summed E-state index contributed by atoms with van der Waals surface area (Å²) in [4.78, 5) is 18.6. The number of aryl methyl sites for hydroxylation is 1. The van der Waals surface area contributed by atoms with Crippen molar-refractivity contribution in [2.45, 2.75) is 25.8 Å². The Kier molecular flexibility index (Phi) is 6.14. The minimum absolute atomic E-state index is 0.0906. The van der Waals surface area contributed by atoms with Gasteiger partial charge >= 0.3 is 0 Å². The van der Waals surface area contributed by atoms with Gasteiger partial charge in [0.2, 0.25) is 11.8 Å². The molecule has 0 bridgehead atoms. The monoisotopic (exact) mass is 344 g/mol. The summed E-state index contributed by atoms with van der Waals surface area (Å²) >= 11 is 0. The summed E-state index contributed by atoms with van der Waals surface area (Å²) in [6.07, 6.45) is 1.03. The number of rotatable bonds is 7. The van der Waals surface area contributed by atoms with Gasteiger partial charge in [-0.05, 0) is 12.0 Å². The third-order valence-corrected chi connectivity index (χ3v) is 4.30. The number of ether oxygens (including phenoxy) is 1. The molecule has 0 aliphatic carbocycles. The predicted molar refractivity (Wildman–Crippen MR) is 92.1 cm³/mol. The number of carbonyl (C=O) groups is 1. The quantitative estimate of drug-likeness (QED) is 0.806. The van der Waals surface area contributed by atoms with Gasteiger partial charge in [0.15, 0.2) is 5.82 Å². The highest BCUT2D eigenvalue weighted by Gasteiger charge is 2.22. The van der Waals surface area contributed by atoms with E-state index >= 15 is 0 Å². The number of nitrogens with one attached hydrogen (secondary N) is 1. The molecule has 1 N–H and O–H groups in total. The van der Waals surface area contributed by atoms with Crippen molar-refractivity contribution in [2.75, 3.05) is 32.8 Å². The lowest BCUT2D eigenvalue weighted by molar-refractivity contribution is -0.120. The molecule has 1 saturated heterocycles. The van der Waals surface area contributed by atoms with Crippen LogP contribution in [0.4, 0.5) is 0 Å². The van der Waals surface area contributed by atoms with E-state index in [-0.39, 0.29) is 18.4 Å². The van der Waals surface area contributed by atoms with E-state index in [2.05, 4.69) is 32.5 Å². The van der Waals surface area contributed by atoms with Crippen molar-refractivity contribution in [3.05, 3.63) is 47.6 Å². The highest BCUT2D eigenvalue weighted by atomic mass is 16.5. The Labute approximate surface area is 147 Å². The van der Waals surface area contributed by atoms with Gasteiger partial charge in [-0.1, -0.05) is 35.5 Å². The summed E-state index contributed by atoms with van der Waals surface area (Å²) in [6.45, 7) is 5.55. The lowest BCUT2D eigenvalue weighted by Gasteiger charge is -2.34. The molecule has 1 fully saturated rings. The molecule has 0 saturated carbocycles. The Morgan fingerprint density at radius 1 is 1.28 bits per heavy atom. The second-order valence-corrected chi connectivity index (χ2v) is 6.20. The van der Waals surface area contributed by atoms with Crippen molar-refractivity contribution in [3.63, 3.8) is 0 Å². The summed E-state index contributed by atoms with van der Waals surface area (Å²) in [5.74, 6) is 0.797. The van der Waals surface area contributed by atoms with Crippen LogP contribution in [0.2, 0.25) is 0 Å². The van der Waals surface area contributed by atoms with Crippen LogP contribution in [0.1, 0.15) is 17.3 Å². The standard InChI is InChI=1S/C18H24N4O3/c1-14-20-17(21-25-14)12-18(23)19-13-16(22-7-9-24-10-8-22)11-15-5-3-2-4-6-15/h2-6,16H,7-13H2,1H3,(H,19,23). The van der Waals surface area contributed by atoms with Crippen LogP contribution in [0, 0.1) is 6.92 Å². The van der Waals surface area contributed by atoms with E-state index in [0.29, 0.717) is 18.3 Å². The van der Waals surface area contributed by atoms with Crippen molar-refractivity contribution >= 4 is 5.91 Å². The number of aromatic nitrogens is 2. The van der Waals surface area contributed by atoms with Crippen LogP contribution in [0.5, 0.6) is 0 Å². The number of morpholine rings is 1. The average Bonchev–Trinajstić information content (AvgIpc) is 3.05. The first-order chi connectivity index (χ1) is 12.2. The van der Waals surface area contributed by atoms with E-state index in [0.717, 1.165) is 32.7 Å². The Morgan fingerprint density at radius 2 is 2.04 bits per heavy atom.